The number of carbonyl (C=O) groups is 1. The second-order valence-electron chi connectivity index (χ2n) is 9.23. The Kier molecular flexibility index (Phi) is 6.26. The molecule has 0 unspecified atom stereocenters. The van der Waals surface area contributed by atoms with Crippen LogP contribution in [-0.2, 0) is 4.79 Å². The summed E-state index contributed by atoms with van der Waals surface area (Å²) in [5, 5.41) is 24.6. The van der Waals surface area contributed by atoms with Crippen LogP contribution < -0.4 is 10.2 Å². The van der Waals surface area contributed by atoms with E-state index in [2.05, 4.69) is 26.3 Å². The van der Waals surface area contributed by atoms with Gasteiger partial charge in [0.05, 0.1) is 17.2 Å². The second-order valence-corrected chi connectivity index (χ2v) is 9.23. The topological polar surface area (TPSA) is 115 Å². The zero-order valence-electron chi connectivity index (χ0n) is 19.1. The summed E-state index contributed by atoms with van der Waals surface area (Å²) >= 11 is 0. The largest absolute Gasteiger partial charge is 0.481 e. The molecule has 0 aromatic carbocycles. The third-order valence-corrected chi connectivity index (χ3v) is 7.01. The van der Waals surface area contributed by atoms with Crippen molar-refractivity contribution >= 4 is 28.4 Å². The van der Waals surface area contributed by atoms with Crippen molar-refractivity contribution < 1.29 is 9.90 Å². The molecule has 2 fully saturated rings. The first-order valence-corrected chi connectivity index (χ1v) is 12.0. The number of fused-ring (bicyclic) bond motifs is 1. The molecular weight excluding hydrogens is 428 g/mol. The zero-order valence-corrected chi connectivity index (χ0v) is 19.1. The van der Waals surface area contributed by atoms with E-state index in [-0.39, 0.29) is 5.92 Å². The minimum absolute atomic E-state index is 0.314. The van der Waals surface area contributed by atoms with Crippen LogP contribution in [0.3, 0.4) is 0 Å². The van der Waals surface area contributed by atoms with Crippen LogP contribution in [0.5, 0.6) is 0 Å². The van der Waals surface area contributed by atoms with Crippen molar-refractivity contribution in [2.75, 3.05) is 23.3 Å². The molecule has 2 aliphatic rings. The minimum Gasteiger partial charge on any atom is -0.481 e. The molecule has 5 rings (SSSR count). The van der Waals surface area contributed by atoms with E-state index in [1.54, 1.807) is 12.4 Å². The van der Waals surface area contributed by atoms with Crippen molar-refractivity contribution in [3.8, 4) is 17.3 Å². The van der Waals surface area contributed by atoms with Crippen LogP contribution in [0.4, 0.5) is 11.6 Å². The number of nitrogens with zero attached hydrogens (tertiary/aromatic N) is 5. The molecule has 0 radical (unpaired) electrons. The maximum Gasteiger partial charge on any atom is 0.306 e. The van der Waals surface area contributed by atoms with E-state index in [0.717, 1.165) is 40.8 Å². The number of pyridine rings is 3. The summed E-state index contributed by atoms with van der Waals surface area (Å²) in [6.45, 7) is 1.25. The van der Waals surface area contributed by atoms with Gasteiger partial charge in [0, 0.05) is 54.1 Å². The van der Waals surface area contributed by atoms with Crippen LogP contribution >= 0.6 is 0 Å². The Morgan fingerprint density at radius 2 is 1.91 bits per heavy atom. The number of carboxylic acid groups (broad SMARTS) is 1. The fourth-order valence-electron chi connectivity index (χ4n) is 5.09. The fourth-order valence-corrected chi connectivity index (χ4v) is 5.09. The van der Waals surface area contributed by atoms with E-state index in [1.807, 2.05) is 24.4 Å². The van der Waals surface area contributed by atoms with E-state index in [4.69, 9.17) is 4.98 Å². The molecule has 3 aromatic heterocycles. The highest BCUT2D eigenvalue weighted by Gasteiger charge is 2.26. The maximum absolute atomic E-state index is 11.4. The smallest absolute Gasteiger partial charge is 0.306 e. The first-order chi connectivity index (χ1) is 16.6. The third kappa shape index (κ3) is 4.51. The summed E-state index contributed by atoms with van der Waals surface area (Å²) < 4.78 is 0. The van der Waals surface area contributed by atoms with Gasteiger partial charge in [-0.15, -0.1) is 0 Å². The molecule has 8 heteroatoms. The van der Waals surface area contributed by atoms with Gasteiger partial charge in [-0.2, -0.15) is 5.26 Å². The molecule has 3 aromatic rings. The van der Waals surface area contributed by atoms with Gasteiger partial charge in [0.2, 0.25) is 0 Å². The second kappa shape index (κ2) is 9.64. The standard InChI is InChI=1S/C26H28N6O2/c27-14-19-16-29-24(30-20-4-2-1-3-5-20)13-22(19)23-12-18-15-28-9-6-21(18)25(31-23)32-10-7-17(8-11-32)26(33)34/h6,9,12-13,15-17,20H,1-5,7-8,10-11H2,(H,29,30)(H,33,34). The van der Waals surface area contributed by atoms with E-state index in [9.17, 15) is 15.2 Å². The van der Waals surface area contributed by atoms with Crippen molar-refractivity contribution in [2.24, 2.45) is 5.92 Å². The lowest BCUT2D eigenvalue weighted by Crippen LogP contribution is -2.36. The van der Waals surface area contributed by atoms with E-state index < -0.39 is 5.97 Å². The summed E-state index contributed by atoms with van der Waals surface area (Å²) in [6.07, 6.45) is 12.3. The number of hydrogen-bond donors (Lipinski definition) is 2. The van der Waals surface area contributed by atoms with E-state index in [1.165, 1.54) is 19.3 Å². The summed E-state index contributed by atoms with van der Waals surface area (Å²) in [5.74, 6) is 0.522. The van der Waals surface area contributed by atoms with Gasteiger partial charge in [-0.05, 0) is 43.9 Å². The average molecular weight is 457 g/mol. The van der Waals surface area contributed by atoms with Crippen LogP contribution in [0, 0.1) is 17.2 Å². The summed E-state index contributed by atoms with van der Waals surface area (Å²) in [4.78, 5) is 27.3. The Morgan fingerprint density at radius 1 is 1.12 bits per heavy atom. The highest BCUT2D eigenvalue weighted by molar-refractivity contribution is 5.95. The van der Waals surface area contributed by atoms with E-state index >= 15 is 0 Å². The lowest BCUT2D eigenvalue weighted by molar-refractivity contribution is -0.142. The average Bonchev–Trinajstić information content (AvgIpc) is 2.88. The molecule has 8 nitrogen and oxygen atoms in total. The summed E-state index contributed by atoms with van der Waals surface area (Å²) in [7, 11) is 0. The maximum atomic E-state index is 11.4. The predicted octanol–water partition coefficient (Wildman–Crippen LogP) is 4.61. The van der Waals surface area contributed by atoms with E-state index in [0.29, 0.717) is 43.2 Å². The monoisotopic (exact) mass is 456 g/mol. The Morgan fingerprint density at radius 3 is 2.65 bits per heavy atom. The van der Waals surface area contributed by atoms with Crippen LogP contribution in [0.15, 0.2) is 36.8 Å². The SMILES string of the molecule is N#Cc1cnc(NC2CCCCC2)cc1-c1cc2cnccc2c(N2CCC(C(=O)O)CC2)n1. The molecule has 4 heterocycles. The molecule has 1 saturated heterocycles. The Balaban J connectivity index is 1.53. The number of aromatic nitrogens is 3. The van der Waals surface area contributed by atoms with Gasteiger partial charge in [-0.1, -0.05) is 19.3 Å². The normalized spacial score (nSPS) is 17.4. The number of rotatable bonds is 5. The number of anilines is 2. The molecule has 1 aliphatic carbocycles. The quantitative estimate of drug-likeness (QED) is 0.572. The van der Waals surface area contributed by atoms with Crippen molar-refractivity contribution in [1.29, 1.82) is 5.26 Å². The molecule has 0 atom stereocenters. The number of piperidine rings is 1. The highest BCUT2D eigenvalue weighted by Crippen LogP contribution is 2.34. The first-order valence-electron chi connectivity index (χ1n) is 12.0. The molecule has 1 aliphatic heterocycles. The van der Waals surface area contributed by atoms with Gasteiger partial charge in [0.1, 0.15) is 17.7 Å². The van der Waals surface area contributed by atoms with Crippen LogP contribution in [-0.4, -0.2) is 45.2 Å². The molecular formula is C26H28N6O2. The minimum atomic E-state index is -0.733. The molecule has 0 amide bonds. The zero-order chi connectivity index (χ0) is 23.5. The number of nitrogens with one attached hydrogen (secondary N) is 1. The lowest BCUT2D eigenvalue weighted by Gasteiger charge is -2.32. The van der Waals surface area contributed by atoms with Gasteiger partial charge in [-0.3, -0.25) is 9.78 Å². The molecule has 0 spiro atoms. The number of nitriles is 1. The first kappa shape index (κ1) is 22.1. The molecule has 2 N–H and O–H groups in total. The van der Waals surface area contributed by atoms with Gasteiger partial charge >= 0.3 is 5.97 Å². The lowest BCUT2D eigenvalue weighted by atomic mass is 9.95. The van der Waals surface area contributed by atoms with Crippen molar-refractivity contribution in [3.63, 3.8) is 0 Å². The fraction of sp³-hybridized carbons (Fsp3) is 0.423. The predicted molar refractivity (Wildman–Crippen MR) is 131 cm³/mol. The Labute approximate surface area is 198 Å². The van der Waals surface area contributed by atoms with Crippen LogP contribution in [0.2, 0.25) is 0 Å². The van der Waals surface area contributed by atoms with Crippen molar-refractivity contribution in [2.45, 2.75) is 51.0 Å². The molecule has 174 valence electrons. The Hall–Kier alpha value is -3.73. The summed E-state index contributed by atoms with van der Waals surface area (Å²) in [6, 6.07) is 8.51. The molecule has 1 saturated carbocycles. The van der Waals surface area contributed by atoms with Crippen LogP contribution in [0.1, 0.15) is 50.5 Å². The molecule has 0 bridgehead atoms. The highest BCUT2D eigenvalue weighted by atomic mass is 16.4. The third-order valence-electron chi connectivity index (χ3n) is 7.01. The number of carboxylic acids is 1. The number of hydrogen-bond acceptors (Lipinski definition) is 7. The van der Waals surface area contributed by atoms with Gasteiger partial charge in [-0.25, -0.2) is 9.97 Å². The van der Waals surface area contributed by atoms with Crippen molar-refractivity contribution in [3.05, 3.63) is 42.4 Å². The summed E-state index contributed by atoms with van der Waals surface area (Å²) in [5.41, 5.74) is 1.91. The van der Waals surface area contributed by atoms with Gasteiger partial charge in [0.25, 0.3) is 0 Å². The van der Waals surface area contributed by atoms with Crippen LogP contribution in [0.25, 0.3) is 22.0 Å². The van der Waals surface area contributed by atoms with Gasteiger partial charge in [0.15, 0.2) is 0 Å². The molecule has 34 heavy (non-hydrogen) atoms. The van der Waals surface area contributed by atoms with Gasteiger partial charge < -0.3 is 15.3 Å². The Bertz CT molecular complexity index is 1240. The van der Waals surface area contributed by atoms with Crippen molar-refractivity contribution in [1.82, 2.24) is 15.0 Å². The number of aliphatic carboxylic acids is 1.